The molecule has 0 amide bonds. The summed E-state index contributed by atoms with van der Waals surface area (Å²) in [4.78, 5) is 21.2. The summed E-state index contributed by atoms with van der Waals surface area (Å²) in [6.07, 6.45) is 0. The molecule has 1 heterocycles. The van der Waals surface area contributed by atoms with E-state index >= 15 is 0 Å². The number of halogens is 1. The quantitative estimate of drug-likeness (QED) is 0.405. The molecule has 5 heteroatoms. The summed E-state index contributed by atoms with van der Waals surface area (Å²) in [6, 6.07) is 0. The molecule has 11 heavy (non-hydrogen) atoms. The predicted octanol–water partition coefficient (Wildman–Crippen LogP) is -1.33. The Kier molecular flexibility index (Phi) is 1.14. The fourth-order valence-electron chi connectivity index (χ4n) is 1.52. The van der Waals surface area contributed by atoms with Gasteiger partial charge in [0.15, 0.2) is 0 Å². The van der Waals surface area contributed by atoms with Crippen LogP contribution in [0.25, 0.3) is 0 Å². The molecule has 0 spiro atoms. The van der Waals surface area contributed by atoms with E-state index in [2.05, 4.69) is 20.7 Å². The Morgan fingerprint density at radius 3 is 2.73 bits per heavy atom. The van der Waals surface area contributed by atoms with E-state index in [1.54, 1.807) is 0 Å². The Morgan fingerprint density at radius 1 is 1.82 bits per heavy atom. The Labute approximate surface area is 70.7 Å². The molecular formula is C6H4BrO4-. The molecule has 2 fully saturated rings. The standard InChI is InChI=1S/C6H5BrO4/c7-6-1-11-5(10)3(6)2(6)4(8)9/h2-3H,1H2,(H,8,9)/p-1/t2-,3-,6+/m0/s1. The van der Waals surface area contributed by atoms with Crippen LogP contribution in [0, 0.1) is 11.8 Å². The zero-order valence-electron chi connectivity index (χ0n) is 5.37. The lowest BCUT2D eigenvalue weighted by molar-refractivity contribution is -0.308. The summed E-state index contributed by atoms with van der Waals surface area (Å²) in [6.45, 7) is 0.148. The molecule has 0 unspecified atom stereocenters. The Bertz CT molecular complexity index is 245. The number of cyclic esters (lactones) is 1. The summed E-state index contributed by atoms with van der Waals surface area (Å²) in [7, 11) is 0. The van der Waals surface area contributed by atoms with Gasteiger partial charge in [0.2, 0.25) is 0 Å². The highest BCUT2D eigenvalue weighted by Crippen LogP contribution is 2.61. The fraction of sp³-hybridized carbons (Fsp3) is 0.667. The largest absolute Gasteiger partial charge is 0.550 e. The molecule has 0 aromatic heterocycles. The highest BCUT2D eigenvalue weighted by atomic mass is 79.9. The van der Waals surface area contributed by atoms with Crippen molar-refractivity contribution in [1.82, 2.24) is 0 Å². The lowest BCUT2D eigenvalue weighted by atomic mass is 10.3. The molecule has 0 bridgehead atoms. The van der Waals surface area contributed by atoms with E-state index < -0.39 is 28.1 Å². The summed E-state index contributed by atoms with van der Waals surface area (Å²) in [5.41, 5.74) is 0. The lowest BCUT2D eigenvalue weighted by Crippen LogP contribution is -2.30. The molecule has 2 aliphatic rings. The molecule has 0 radical (unpaired) electrons. The zero-order chi connectivity index (χ0) is 8.22. The van der Waals surface area contributed by atoms with Crippen molar-refractivity contribution in [1.29, 1.82) is 0 Å². The fourth-order valence-corrected chi connectivity index (χ4v) is 2.41. The first-order valence-corrected chi connectivity index (χ1v) is 3.93. The van der Waals surface area contributed by atoms with E-state index in [1.165, 1.54) is 0 Å². The highest BCUT2D eigenvalue weighted by Gasteiger charge is 2.73. The van der Waals surface area contributed by atoms with Crippen LogP contribution in [-0.4, -0.2) is 22.9 Å². The molecule has 3 atom stereocenters. The van der Waals surface area contributed by atoms with Crippen molar-refractivity contribution in [3.8, 4) is 0 Å². The van der Waals surface area contributed by atoms with Gasteiger partial charge in [-0.3, -0.25) is 4.79 Å². The van der Waals surface area contributed by atoms with Gasteiger partial charge in [0.05, 0.1) is 10.2 Å². The SMILES string of the molecule is O=C([O-])[C@@H]1[C@H]2C(=O)OC[C@@]12Br. The van der Waals surface area contributed by atoms with Crippen LogP contribution in [0.2, 0.25) is 0 Å². The number of carboxylic acids is 1. The van der Waals surface area contributed by atoms with Crippen molar-refractivity contribution in [3.63, 3.8) is 0 Å². The summed E-state index contributed by atoms with van der Waals surface area (Å²) < 4.78 is 3.97. The lowest BCUT2D eigenvalue weighted by Gasteiger charge is -2.07. The average molecular weight is 220 g/mol. The predicted molar refractivity (Wildman–Crippen MR) is 34.6 cm³/mol. The normalized spacial score (nSPS) is 46.5. The maximum atomic E-state index is 10.8. The second-order valence-electron chi connectivity index (χ2n) is 2.81. The van der Waals surface area contributed by atoms with Crippen LogP contribution in [0.5, 0.6) is 0 Å². The van der Waals surface area contributed by atoms with Crippen molar-refractivity contribution in [2.75, 3.05) is 6.61 Å². The summed E-state index contributed by atoms with van der Waals surface area (Å²) in [5.74, 6) is -2.82. The molecule has 0 aromatic rings. The number of rotatable bonds is 1. The number of carbonyl (C=O) groups excluding carboxylic acids is 2. The van der Waals surface area contributed by atoms with E-state index in [9.17, 15) is 14.7 Å². The number of hydrogen-bond acceptors (Lipinski definition) is 4. The molecule has 0 N–H and O–H groups in total. The van der Waals surface area contributed by atoms with Gasteiger partial charge in [0.25, 0.3) is 0 Å². The first kappa shape index (κ1) is 7.09. The minimum Gasteiger partial charge on any atom is -0.550 e. The molecule has 0 aromatic carbocycles. The van der Waals surface area contributed by atoms with Crippen molar-refractivity contribution in [2.45, 2.75) is 4.32 Å². The summed E-state index contributed by atoms with van der Waals surface area (Å²) >= 11 is 3.16. The van der Waals surface area contributed by atoms with E-state index in [1.807, 2.05) is 0 Å². The average Bonchev–Trinajstić information content (AvgIpc) is 2.43. The van der Waals surface area contributed by atoms with Gasteiger partial charge in [-0.1, -0.05) is 15.9 Å². The van der Waals surface area contributed by atoms with Crippen LogP contribution in [0.4, 0.5) is 0 Å². The molecule has 1 saturated heterocycles. The van der Waals surface area contributed by atoms with Gasteiger partial charge in [-0.05, 0) is 0 Å². The van der Waals surface area contributed by atoms with E-state index in [-0.39, 0.29) is 6.61 Å². The Balaban J connectivity index is 2.24. The highest BCUT2D eigenvalue weighted by molar-refractivity contribution is 9.10. The first-order chi connectivity index (χ1) is 5.07. The molecule has 1 aliphatic heterocycles. The number of ether oxygens (including phenoxy) is 1. The molecule has 60 valence electrons. The van der Waals surface area contributed by atoms with Crippen molar-refractivity contribution in [3.05, 3.63) is 0 Å². The maximum Gasteiger partial charge on any atom is 0.311 e. The number of esters is 1. The Hall–Kier alpha value is -0.580. The molecular weight excluding hydrogens is 216 g/mol. The first-order valence-electron chi connectivity index (χ1n) is 3.14. The third-order valence-corrected chi connectivity index (χ3v) is 3.42. The van der Waals surface area contributed by atoms with Crippen LogP contribution in [0.15, 0.2) is 0 Å². The second kappa shape index (κ2) is 1.77. The van der Waals surface area contributed by atoms with Gasteiger partial charge in [-0.15, -0.1) is 0 Å². The number of hydrogen-bond donors (Lipinski definition) is 0. The Morgan fingerprint density at radius 2 is 2.45 bits per heavy atom. The van der Waals surface area contributed by atoms with Crippen molar-refractivity contribution in [2.24, 2.45) is 11.8 Å². The molecule has 2 rings (SSSR count). The van der Waals surface area contributed by atoms with Crippen LogP contribution in [0.3, 0.4) is 0 Å². The number of aliphatic carboxylic acids is 1. The monoisotopic (exact) mass is 219 g/mol. The van der Waals surface area contributed by atoms with Crippen LogP contribution >= 0.6 is 15.9 Å². The van der Waals surface area contributed by atoms with Gasteiger partial charge >= 0.3 is 5.97 Å². The van der Waals surface area contributed by atoms with Gasteiger partial charge in [0, 0.05) is 11.9 Å². The number of fused-ring (bicyclic) bond motifs is 1. The summed E-state index contributed by atoms with van der Waals surface area (Å²) in [5, 5.41) is 10.4. The topological polar surface area (TPSA) is 66.4 Å². The number of alkyl halides is 1. The zero-order valence-corrected chi connectivity index (χ0v) is 6.96. The smallest absolute Gasteiger partial charge is 0.311 e. The second-order valence-corrected chi connectivity index (χ2v) is 4.29. The van der Waals surface area contributed by atoms with Gasteiger partial charge < -0.3 is 14.6 Å². The van der Waals surface area contributed by atoms with Gasteiger partial charge in [-0.25, -0.2) is 0 Å². The molecule has 1 aliphatic carbocycles. The van der Waals surface area contributed by atoms with E-state index in [0.29, 0.717) is 0 Å². The van der Waals surface area contributed by atoms with Crippen molar-refractivity contribution < 1.29 is 19.4 Å². The van der Waals surface area contributed by atoms with Crippen molar-refractivity contribution >= 4 is 27.9 Å². The van der Waals surface area contributed by atoms with Crippen LogP contribution in [0.1, 0.15) is 0 Å². The third kappa shape index (κ3) is 0.690. The number of carbonyl (C=O) groups is 2. The van der Waals surface area contributed by atoms with Crippen LogP contribution in [-0.2, 0) is 14.3 Å². The van der Waals surface area contributed by atoms with E-state index in [0.717, 1.165) is 0 Å². The molecule has 1 saturated carbocycles. The molecule has 4 nitrogen and oxygen atoms in total. The van der Waals surface area contributed by atoms with Gasteiger partial charge in [-0.2, -0.15) is 0 Å². The minimum absolute atomic E-state index is 0.148. The third-order valence-electron chi connectivity index (χ3n) is 2.20. The van der Waals surface area contributed by atoms with Gasteiger partial charge in [0.1, 0.15) is 6.61 Å². The minimum atomic E-state index is -1.18. The van der Waals surface area contributed by atoms with E-state index in [4.69, 9.17) is 0 Å². The number of carboxylic acid groups (broad SMARTS) is 1. The van der Waals surface area contributed by atoms with Crippen LogP contribution < -0.4 is 5.11 Å². The maximum absolute atomic E-state index is 10.8.